The van der Waals surface area contributed by atoms with Crippen LogP contribution in [0.25, 0.3) is 0 Å². The second kappa shape index (κ2) is 9.35. The molecule has 2 aromatic carbocycles. The zero-order valence-electron chi connectivity index (χ0n) is 18.5. The third-order valence-electron chi connectivity index (χ3n) is 5.46. The highest BCUT2D eigenvalue weighted by atomic mass is 79.9. The summed E-state index contributed by atoms with van der Waals surface area (Å²) in [6, 6.07) is 9.24. The van der Waals surface area contributed by atoms with Gasteiger partial charge in [0.2, 0.25) is 0 Å². The van der Waals surface area contributed by atoms with Gasteiger partial charge in [-0.05, 0) is 60.3 Å². The molecule has 3 rings (SSSR count). The summed E-state index contributed by atoms with van der Waals surface area (Å²) in [7, 11) is 0. The first-order chi connectivity index (χ1) is 15.4. The van der Waals surface area contributed by atoms with Gasteiger partial charge < -0.3 is 15.2 Å². The highest BCUT2D eigenvalue weighted by Crippen LogP contribution is 2.52. The number of alkyl carbamates (subject to hydrolysis) is 1. The predicted octanol–water partition coefficient (Wildman–Crippen LogP) is 6.65. The normalized spacial score (nSPS) is 18.4. The van der Waals surface area contributed by atoms with E-state index in [1.165, 1.54) is 0 Å². The third-order valence-corrected chi connectivity index (χ3v) is 6.93. The second-order valence-corrected chi connectivity index (χ2v) is 9.96. The van der Waals surface area contributed by atoms with Crippen molar-refractivity contribution in [1.82, 2.24) is 5.32 Å². The maximum atomic E-state index is 14.6. The summed E-state index contributed by atoms with van der Waals surface area (Å²) >= 11 is 9.47. The van der Waals surface area contributed by atoms with E-state index in [1.807, 2.05) is 0 Å². The van der Waals surface area contributed by atoms with E-state index in [4.69, 9.17) is 16.3 Å². The molecule has 2 aromatic rings. The minimum Gasteiger partial charge on any atom is -0.465 e. The average molecular weight is 540 g/mol. The highest BCUT2D eigenvalue weighted by molar-refractivity contribution is 9.10. The fraction of sp³-hybridized carbons (Fsp3) is 0.333. The van der Waals surface area contributed by atoms with Crippen LogP contribution in [0.5, 0.6) is 0 Å². The van der Waals surface area contributed by atoms with Crippen molar-refractivity contribution in [3.8, 4) is 0 Å². The minimum absolute atomic E-state index is 0.132. The van der Waals surface area contributed by atoms with Crippen LogP contribution in [0.4, 0.5) is 19.7 Å². The first kappa shape index (κ1) is 25.1. The molecule has 1 aliphatic rings. The summed E-state index contributed by atoms with van der Waals surface area (Å²) in [5.41, 5.74) is -0.781. The van der Waals surface area contributed by atoms with E-state index in [9.17, 15) is 19.1 Å². The maximum absolute atomic E-state index is 14.6. The standard InChI is InChI=1S/C24H25BrClFN2O4/c1-5-9-18(28-21(30)33-23(2,3)4)24(14-10-7-6-8-11-14)13-15-17(29(24)22(31)32)12-16(27)20(26)19(15)25/h5-8,10-12,18H,1,9,13H2,2-4H3,(H,28,30)(H,31,32)/t18-,24?/m0/s1. The fourth-order valence-electron chi connectivity index (χ4n) is 4.25. The van der Waals surface area contributed by atoms with Gasteiger partial charge in [-0.3, -0.25) is 4.90 Å². The molecule has 1 heterocycles. The van der Waals surface area contributed by atoms with Gasteiger partial charge in [0, 0.05) is 10.9 Å². The van der Waals surface area contributed by atoms with Crippen LogP contribution in [-0.4, -0.2) is 28.9 Å². The van der Waals surface area contributed by atoms with Crippen LogP contribution in [0.15, 0.2) is 53.5 Å². The number of hydrogen-bond donors (Lipinski definition) is 2. The molecule has 0 radical (unpaired) electrons. The zero-order chi connectivity index (χ0) is 24.6. The van der Waals surface area contributed by atoms with Crippen LogP contribution in [0, 0.1) is 5.82 Å². The summed E-state index contributed by atoms with van der Waals surface area (Å²) in [4.78, 5) is 26.5. The van der Waals surface area contributed by atoms with Crippen molar-refractivity contribution in [1.29, 1.82) is 0 Å². The maximum Gasteiger partial charge on any atom is 0.412 e. The summed E-state index contributed by atoms with van der Waals surface area (Å²) in [6.07, 6.45) is -0.0495. The Bertz CT molecular complexity index is 1090. The summed E-state index contributed by atoms with van der Waals surface area (Å²) in [5, 5.41) is 13.0. The number of carbonyl (C=O) groups is 2. The van der Waals surface area contributed by atoms with Crippen molar-refractivity contribution in [3.05, 3.63) is 75.5 Å². The van der Waals surface area contributed by atoms with Gasteiger partial charge in [-0.1, -0.05) is 48.0 Å². The van der Waals surface area contributed by atoms with E-state index in [0.717, 1.165) is 11.0 Å². The molecule has 2 atom stereocenters. The number of hydrogen-bond acceptors (Lipinski definition) is 3. The van der Waals surface area contributed by atoms with Crippen LogP contribution in [0.2, 0.25) is 5.02 Å². The Morgan fingerprint density at radius 3 is 2.58 bits per heavy atom. The van der Waals surface area contributed by atoms with Crippen molar-refractivity contribution in [2.75, 3.05) is 4.90 Å². The van der Waals surface area contributed by atoms with E-state index in [0.29, 0.717) is 11.1 Å². The average Bonchev–Trinajstić information content (AvgIpc) is 3.07. The Labute approximate surface area is 205 Å². The Morgan fingerprint density at radius 1 is 1.39 bits per heavy atom. The van der Waals surface area contributed by atoms with Crippen LogP contribution < -0.4 is 10.2 Å². The van der Waals surface area contributed by atoms with Gasteiger partial charge in [-0.15, -0.1) is 6.58 Å². The van der Waals surface area contributed by atoms with Crippen molar-refractivity contribution in [3.63, 3.8) is 0 Å². The molecule has 1 aliphatic heterocycles. The smallest absolute Gasteiger partial charge is 0.412 e. The van der Waals surface area contributed by atoms with Crippen molar-refractivity contribution in [2.24, 2.45) is 0 Å². The molecule has 2 N–H and O–H groups in total. The summed E-state index contributed by atoms with van der Waals surface area (Å²) in [5.74, 6) is -0.752. The lowest BCUT2D eigenvalue weighted by Gasteiger charge is -2.43. The Morgan fingerprint density at radius 2 is 2.03 bits per heavy atom. The number of halogens is 3. The number of rotatable bonds is 5. The molecular formula is C24H25BrClFN2O4. The molecule has 0 spiro atoms. The lowest BCUT2D eigenvalue weighted by Crippen LogP contribution is -2.61. The molecule has 1 unspecified atom stereocenters. The van der Waals surface area contributed by atoms with Gasteiger partial charge in [0.05, 0.1) is 16.8 Å². The number of ether oxygens (including phenoxy) is 1. The molecule has 9 heteroatoms. The number of benzene rings is 2. The van der Waals surface area contributed by atoms with Gasteiger partial charge in [-0.25, -0.2) is 14.0 Å². The second-order valence-electron chi connectivity index (χ2n) is 8.79. The van der Waals surface area contributed by atoms with E-state index in [-0.39, 0.29) is 28.0 Å². The van der Waals surface area contributed by atoms with Gasteiger partial charge in [0.25, 0.3) is 0 Å². The molecule has 33 heavy (non-hydrogen) atoms. The number of nitrogens with zero attached hydrogens (tertiary/aromatic N) is 1. The van der Waals surface area contributed by atoms with Gasteiger partial charge in [-0.2, -0.15) is 0 Å². The molecule has 176 valence electrons. The highest BCUT2D eigenvalue weighted by Gasteiger charge is 2.55. The lowest BCUT2D eigenvalue weighted by molar-refractivity contribution is 0.0474. The number of fused-ring (bicyclic) bond motifs is 1. The summed E-state index contributed by atoms with van der Waals surface area (Å²) in [6.45, 7) is 9.00. The van der Waals surface area contributed by atoms with Crippen molar-refractivity contribution < 1.29 is 23.8 Å². The molecule has 0 aromatic heterocycles. The Hall–Kier alpha value is -2.58. The van der Waals surface area contributed by atoms with Crippen molar-refractivity contribution >= 4 is 45.4 Å². The topological polar surface area (TPSA) is 78.9 Å². The van der Waals surface area contributed by atoms with Gasteiger partial charge in [0.1, 0.15) is 17.0 Å². The quantitative estimate of drug-likeness (QED) is 0.329. The molecule has 0 fully saturated rings. The number of carboxylic acid groups (broad SMARTS) is 1. The molecule has 0 saturated heterocycles. The number of anilines is 1. The number of carbonyl (C=O) groups excluding carboxylic acids is 1. The molecule has 6 nitrogen and oxygen atoms in total. The zero-order valence-corrected chi connectivity index (χ0v) is 20.8. The molecule has 0 saturated carbocycles. The molecular weight excluding hydrogens is 515 g/mol. The number of amides is 2. The van der Waals surface area contributed by atoms with Gasteiger partial charge in [0.15, 0.2) is 0 Å². The van der Waals surface area contributed by atoms with E-state index in [1.54, 1.807) is 57.2 Å². The molecule has 0 aliphatic carbocycles. The van der Waals surface area contributed by atoms with Crippen LogP contribution in [-0.2, 0) is 16.7 Å². The Balaban J connectivity index is 2.26. The number of nitrogens with one attached hydrogen (secondary N) is 1. The monoisotopic (exact) mass is 538 g/mol. The van der Waals surface area contributed by atoms with Crippen molar-refractivity contribution in [2.45, 2.75) is 50.8 Å². The lowest BCUT2D eigenvalue weighted by atomic mass is 9.78. The fourth-order valence-corrected chi connectivity index (χ4v) is 4.95. The molecule has 2 amide bonds. The minimum atomic E-state index is -1.32. The third kappa shape index (κ3) is 4.73. The van der Waals surface area contributed by atoms with E-state index >= 15 is 0 Å². The first-order valence-electron chi connectivity index (χ1n) is 10.3. The predicted molar refractivity (Wildman–Crippen MR) is 129 cm³/mol. The van der Waals surface area contributed by atoms with E-state index < -0.39 is 35.2 Å². The van der Waals surface area contributed by atoms with Crippen LogP contribution in [0.1, 0.15) is 38.3 Å². The first-order valence-corrected chi connectivity index (χ1v) is 11.4. The SMILES string of the molecule is C=CC[C@H](NC(=O)OC(C)(C)C)C1(c2ccccc2)Cc2c(cc(F)c(Cl)c2Br)N1C(=O)O. The van der Waals surface area contributed by atoms with Crippen LogP contribution >= 0.6 is 27.5 Å². The van der Waals surface area contributed by atoms with Gasteiger partial charge >= 0.3 is 12.2 Å². The summed E-state index contributed by atoms with van der Waals surface area (Å²) < 4.78 is 20.3. The van der Waals surface area contributed by atoms with Crippen LogP contribution in [0.3, 0.4) is 0 Å². The molecule has 0 bridgehead atoms. The largest absolute Gasteiger partial charge is 0.465 e. The van der Waals surface area contributed by atoms with E-state index in [2.05, 4.69) is 27.8 Å². The Kier molecular flexibility index (Phi) is 7.10.